The average Bonchev–Trinajstić information content (AvgIpc) is 2.63. The van der Waals surface area contributed by atoms with Crippen LogP contribution in [0.25, 0.3) is 0 Å². The summed E-state index contributed by atoms with van der Waals surface area (Å²) in [6.07, 6.45) is 0.0445. The van der Waals surface area contributed by atoms with E-state index in [-0.39, 0.29) is 30.0 Å². The summed E-state index contributed by atoms with van der Waals surface area (Å²) < 4.78 is 5.74. The zero-order valence-electron chi connectivity index (χ0n) is 12.9. The van der Waals surface area contributed by atoms with Gasteiger partial charge in [0.15, 0.2) is 0 Å². The zero-order chi connectivity index (χ0) is 15.0. The number of aryl methyl sites for hydroxylation is 1. The number of hydrogen-bond donors (Lipinski definition) is 2. The summed E-state index contributed by atoms with van der Waals surface area (Å²) in [4.78, 5) is 12.6. The standard InChI is InChI=1S/C16H24N2O2/c1-8-6-7-13(17)15(9(8)2)18-16(19)14-10(3)11(4)20-12(14)5/h6-7,10-12,14H,17H2,1-5H3,(H,18,19). The van der Waals surface area contributed by atoms with Gasteiger partial charge in [-0.15, -0.1) is 0 Å². The number of rotatable bonds is 2. The highest BCUT2D eigenvalue weighted by Gasteiger charge is 2.41. The molecule has 20 heavy (non-hydrogen) atoms. The van der Waals surface area contributed by atoms with E-state index in [1.54, 1.807) is 0 Å². The summed E-state index contributed by atoms with van der Waals surface area (Å²) in [5, 5.41) is 3.00. The first-order chi connectivity index (χ1) is 9.32. The molecule has 4 unspecified atom stereocenters. The highest BCUT2D eigenvalue weighted by atomic mass is 16.5. The fourth-order valence-electron chi connectivity index (χ4n) is 2.93. The highest BCUT2D eigenvalue weighted by Crippen LogP contribution is 2.34. The second-order valence-corrected chi connectivity index (χ2v) is 5.89. The van der Waals surface area contributed by atoms with Crippen LogP contribution in [0.5, 0.6) is 0 Å². The van der Waals surface area contributed by atoms with E-state index >= 15 is 0 Å². The van der Waals surface area contributed by atoms with Gasteiger partial charge in [0.25, 0.3) is 0 Å². The SMILES string of the molecule is Cc1ccc(N)c(NC(=O)C2C(C)OC(C)C2C)c1C. The molecule has 4 nitrogen and oxygen atoms in total. The maximum atomic E-state index is 12.6. The molecule has 4 atom stereocenters. The van der Waals surface area contributed by atoms with Gasteiger partial charge in [0.1, 0.15) is 0 Å². The first-order valence-corrected chi connectivity index (χ1v) is 7.15. The lowest BCUT2D eigenvalue weighted by molar-refractivity contribution is -0.121. The van der Waals surface area contributed by atoms with Crippen LogP contribution < -0.4 is 11.1 Å². The maximum absolute atomic E-state index is 12.6. The van der Waals surface area contributed by atoms with Gasteiger partial charge in [0.05, 0.1) is 29.5 Å². The lowest BCUT2D eigenvalue weighted by Crippen LogP contribution is -2.32. The van der Waals surface area contributed by atoms with Crippen molar-refractivity contribution in [1.29, 1.82) is 0 Å². The molecule has 3 N–H and O–H groups in total. The molecule has 1 aliphatic rings. The molecule has 1 fully saturated rings. The number of carbonyl (C=O) groups excluding carboxylic acids is 1. The summed E-state index contributed by atoms with van der Waals surface area (Å²) in [5.41, 5.74) is 9.46. The van der Waals surface area contributed by atoms with E-state index in [0.717, 1.165) is 16.8 Å². The van der Waals surface area contributed by atoms with Crippen molar-refractivity contribution in [2.75, 3.05) is 11.1 Å². The number of hydrogen-bond acceptors (Lipinski definition) is 3. The van der Waals surface area contributed by atoms with Gasteiger partial charge < -0.3 is 15.8 Å². The largest absolute Gasteiger partial charge is 0.397 e. The first-order valence-electron chi connectivity index (χ1n) is 7.15. The van der Waals surface area contributed by atoms with E-state index in [1.165, 1.54) is 0 Å². The Balaban J connectivity index is 2.23. The van der Waals surface area contributed by atoms with Gasteiger partial charge in [0, 0.05) is 0 Å². The maximum Gasteiger partial charge on any atom is 0.230 e. The molecule has 0 spiro atoms. The van der Waals surface area contributed by atoms with Crippen molar-refractivity contribution in [3.8, 4) is 0 Å². The van der Waals surface area contributed by atoms with Crippen molar-refractivity contribution in [2.24, 2.45) is 11.8 Å². The quantitative estimate of drug-likeness (QED) is 0.816. The van der Waals surface area contributed by atoms with Crippen LogP contribution in [0.15, 0.2) is 12.1 Å². The van der Waals surface area contributed by atoms with Gasteiger partial charge in [-0.25, -0.2) is 0 Å². The lowest BCUT2D eigenvalue weighted by atomic mass is 9.88. The van der Waals surface area contributed by atoms with Crippen LogP contribution in [0.4, 0.5) is 11.4 Å². The van der Waals surface area contributed by atoms with E-state index in [2.05, 4.69) is 12.2 Å². The molecule has 0 radical (unpaired) electrons. The monoisotopic (exact) mass is 276 g/mol. The molecule has 110 valence electrons. The second-order valence-electron chi connectivity index (χ2n) is 5.89. The van der Waals surface area contributed by atoms with Gasteiger partial charge in [-0.3, -0.25) is 4.79 Å². The Labute approximate surface area is 120 Å². The van der Waals surface area contributed by atoms with Gasteiger partial charge >= 0.3 is 0 Å². The van der Waals surface area contributed by atoms with Crippen LogP contribution in [-0.4, -0.2) is 18.1 Å². The number of amides is 1. The molecule has 0 bridgehead atoms. The van der Waals surface area contributed by atoms with E-state index in [4.69, 9.17) is 10.5 Å². The smallest absolute Gasteiger partial charge is 0.230 e. The van der Waals surface area contributed by atoms with Crippen molar-refractivity contribution < 1.29 is 9.53 Å². The van der Waals surface area contributed by atoms with Crippen molar-refractivity contribution in [3.05, 3.63) is 23.3 Å². The van der Waals surface area contributed by atoms with Gasteiger partial charge in [-0.2, -0.15) is 0 Å². The predicted octanol–water partition coefficient (Wildman–Crippen LogP) is 2.88. The van der Waals surface area contributed by atoms with E-state index < -0.39 is 0 Å². The molecular weight excluding hydrogens is 252 g/mol. The molecule has 4 heteroatoms. The van der Waals surface area contributed by atoms with Gasteiger partial charge in [-0.05, 0) is 50.8 Å². The van der Waals surface area contributed by atoms with Crippen LogP contribution in [0.3, 0.4) is 0 Å². The fourth-order valence-corrected chi connectivity index (χ4v) is 2.93. The molecule has 1 aliphatic heterocycles. The van der Waals surface area contributed by atoms with Crippen molar-refractivity contribution in [3.63, 3.8) is 0 Å². The number of nitrogen functional groups attached to an aromatic ring is 1. The fraction of sp³-hybridized carbons (Fsp3) is 0.562. The molecule has 1 amide bonds. The zero-order valence-corrected chi connectivity index (χ0v) is 12.9. The van der Waals surface area contributed by atoms with Crippen LogP contribution >= 0.6 is 0 Å². The topological polar surface area (TPSA) is 64.3 Å². The van der Waals surface area contributed by atoms with Crippen molar-refractivity contribution in [2.45, 2.75) is 46.8 Å². The number of ether oxygens (including phenoxy) is 1. The number of nitrogens with one attached hydrogen (secondary N) is 1. The molecule has 0 saturated carbocycles. The minimum atomic E-state index is -0.135. The van der Waals surface area contributed by atoms with Crippen LogP contribution in [-0.2, 0) is 9.53 Å². The summed E-state index contributed by atoms with van der Waals surface area (Å²) in [5.74, 6) is 0.0652. The normalized spacial score (nSPS) is 29.4. The molecule has 1 saturated heterocycles. The van der Waals surface area contributed by atoms with Crippen LogP contribution in [0.2, 0.25) is 0 Å². The average molecular weight is 276 g/mol. The lowest BCUT2D eigenvalue weighted by Gasteiger charge is -2.20. The molecular formula is C16H24N2O2. The molecule has 0 aliphatic carbocycles. The van der Waals surface area contributed by atoms with Crippen molar-refractivity contribution in [1.82, 2.24) is 0 Å². The number of benzene rings is 1. The Bertz CT molecular complexity index is 527. The van der Waals surface area contributed by atoms with Crippen LogP contribution in [0.1, 0.15) is 31.9 Å². The van der Waals surface area contributed by atoms with E-state index in [0.29, 0.717) is 5.69 Å². The predicted molar refractivity (Wildman–Crippen MR) is 81.6 cm³/mol. The third kappa shape index (κ3) is 2.52. The van der Waals surface area contributed by atoms with E-state index in [9.17, 15) is 4.79 Å². The number of anilines is 2. The Kier molecular flexibility index (Phi) is 4.04. The number of carbonyl (C=O) groups is 1. The summed E-state index contributed by atoms with van der Waals surface area (Å²) in [6, 6.07) is 3.80. The van der Waals surface area contributed by atoms with Crippen molar-refractivity contribution >= 4 is 17.3 Å². The first kappa shape index (κ1) is 14.9. The molecule has 0 aromatic heterocycles. The van der Waals surface area contributed by atoms with Crippen LogP contribution in [0, 0.1) is 25.7 Å². The summed E-state index contributed by atoms with van der Waals surface area (Å²) >= 11 is 0. The molecule has 1 aromatic carbocycles. The Morgan fingerprint density at radius 3 is 2.40 bits per heavy atom. The summed E-state index contributed by atoms with van der Waals surface area (Å²) in [7, 11) is 0. The minimum absolute atomic E-state index is 0.00486. The molecule has 1 aromatic rings. The van der Waals surface area contributed by atoms with Gasteiger partial charge in [0.2, 0.25) is 5.91 Å². The Morgan fingerprint density at radius 2 is 1.85 bits per heavy atom. The third-order valence-corrected chi connectivity index (χ3v) is 4.56. The molecule has 1 heterocycles. The second kappa shape index (κ2) is 5.44. The Morgan fingerprint density at radius 1 is 1.20 bits per heavy atom. The van der Waals surface area contributed by atoms with Gasteiger partial charge in [-0.1, -0.05) is 13.0 Å². The third-order valence-electron chi connectivity index (χ3n) is 4.56. The van der Waals surface area contributed by atoms with E-state index in [1.807, 2.05) is 39.8 Å². The highest BCUT2D eigenvalue weighted by molar-refractivity contribution is 5.97. The summed E-state index contributed by atoms with van der Waals surface area (Å²) in [6.45, 7) is 10.0. The minimum Gasteiger partial charge on any atom is -0.397 e. The number of nitrogens with two attached hydrogens (primary N) is 1. The Hall–Kier alpha value is -1.55. The molecule has 2 rings (SSSR count).